The van der Waals surface area contributed by atoms with E-state index in [0.717, 1.165) is 29.3 Å². The molecule has 1 atom stereocenters. The first-order valence-corrected chi connectivity index (χ1v) is 6.02. The van der Waals surface area contributed by atoms with E-state index in [1.807, 2.05) is 13.0 Å². The van der Waals surface area contributed by atoms with Crippen LogP contribution in [0.1, 0.15) is 33.1 Å². The number of methoxy groups -OCH3 is 1. The van der Waals surface area contributed by atoms with Crippen LogP contribution in [-0.2, 0) is 9.53 Å². The van der Waals surface area contributed by atoms with Crippen LogP contribution >= 0.6 is 15.9 Å². The third kappa shape index (κ3) is 2.58. The lowest BCUT2D eigenvalue weighted by atomic mass is 9.97. The Hall–Kier alpha value is -0.410. The molecule has 3 heteroatoms. The molecule has 0 aromatic rings. The number of ether oxygens (including phenoxy) is 1. The van der Waals surface area contributed by atoms with Gasteiger partial charge in [0.25, 0.3) is 0 Å². The second-order valence-electron chi connectivity index (χ2n) is 3.89. The minimum absolute atomic E-state index is 0.0577. The molecule has 0 radical (unpaired) electrons. The van der Waals surface area contributed by atoms with Gasteiger partial charge in [-0.15, -0.1) is 0 Å². The fourth-order valence-electron chi connectivity index (χ4n) is 1.68. The predicted molar refractivity (Wildman–Crippen MR) is 65.0 cm³/mol. The van der Waals surface area contributed by atoms with E-state index in [4.69, 9.17) is 4.74 Å². The first-order valence-electron chi connectivity index (χ1n) is 5.23. The van der Waals surface area contributed by atoms with Crippen LogP contribution in [0.5, 0.6) is 0 Å². The fourth-order valence-corrected chi connectivity index (χ4v) is 2.55. The quantitative estimate of drug-likeness (QED) is 0.734. The van der Waals surface area contributed by atoms with E-state index < -0.39 is 5.60 Å². The molecular weight excluding hydrogens is 256 g/mol. The van der Waals surface area contributed by atoms with Gasteiger partial charge in [-0.3, -0.25) is 4.79 Å². The maximum absolute atomic E-state index is 11.7. The molecule has 0 saturated heterocycles. The molecule has 0 aliphatic heterocycles. The molecule has 0 bridgehead atoms. The maximum atomic E-state index is 11.7. The van der Waals surface area contributed by atoms with E-state index in [1.165, 1.54) is 0 Å². The standard InChI is InChI=1S/C12H17BrO2/c1-4-5-6-9(13)11-10(14)7-8-12(11,2)15-3/h7-8H,4-6H2,1-3H3/b11-9+. The summed E-state index contributed by atoms with van der Waals surface area (Å²) in [6.45, 7) is 4.05. The highest BCUT2D eigenvalue weighted by Gasteiger charge is 2.36. The van der Waals surface area contributed by atoms with Crippen LogP contribution in [0.25, 0.3) is 0 Å². The largest absolute Gasteiger partial charge is 0.370 e. The highest BCUT2D eigenvalue weighted by molar-refractivity contribution is 9.11. The van der Waals surface area contributed by atoms with Crippen LogP contribution in [0, 0.1) is 0 Å². The fraction of sp³-hybridized carbons (Fsp3) is 0.583. The van der Waals surface area contributed by atoms with Gasteiger partial charge in [0, 0.05) is 17.2 Å². The monoisotopic (exact) mass is 272 g/mol. The summed E-state index contributed by atoms with van der Waals surface area (Å²) in [5.74, 6) is 0.0577. The van der Waals surface area contributed by atoms with Crippen LogP contribution < -0.4 is 0 Å². The summed E-state index contributed by atoms with van der Waals surface area (Å²) in [6.07, 6.45) is 6.51. The van der Waals surface area contributed by atoms with Crippen molar-refractivity contribution in [1.82, 2.24) is 0 Å². The SMILES string of the molecule is CCCC/C(Br)=C1/C(=O)C=CC1(C)OC. The molecule has 0 aromatic heterocycles. The average molecular weight is 273 g/mol. The molecule has 1 aliphatic rings. The van der Waals surface area contributed by atoms with E-state index in [0.29, 0.717) is 0 Å². The van der Waals surface area contributed by atoms with Gasteiger partial charge in [-0.2, -0.15) is 0 Å². The number of ketones is 1. The van der Waals surface area contributed by atoms with Crippen molar-refractivity contribution < 1.29 is 9.53 Å². The van der Waals surface area contributed by atoms with Crippen molar-refractivity contribution >= 4 is 21.7 Å². The number of carbonyl (C=O) groups excluding carboxylic acids is 1. The molecule has 0 aromatic carbocycles. The molecule has 1 rings (SSSR count). The summed E-state index contributed by atoms with van der Waals surface area (Å²) in [4.78, 5) is 11.7. The van der Waals surface area contributed by atoms with Gasteiger partial charge < -0.3 is 4.74 Å². The van der Waals surface area contributed by atoms with Gasteiger partial charge >= 0.3 is 0 Å². The number of rotatable bonds is 4. The molecule has 84 valence electrons. The third-order valence-electron chi connectivity index (χ3n) is 2.74. The first-order chi connectivity index (χ1) is 7.05. The molecule has 0 heterocycles. The van der Waals surface area contributed by atoms with E-state index in [9.17, 15) is 4.79 Å². The Bertz CT molecular complexity index is 318. The van der Waals surface area contributed by atoms with Crippen molar-refractivity contribution in [2.75, 3.05) is 7.11 Å². The highest BCUT2D eigenvalue weighted by atomic mass is 79.9. The molecule has 0 fully saturated rings. The Morgan fingerprint density at radius 1 is 1.60 bits per heavy atom. The highest BCUT2D eigenvalue weighted by Crippen LogP contribution is 2.35. The summed E-state index contributed by atoms with van der Waals surface area (Å²) < 4.78 is 6.36. The van der Waals surface area contributed by atoms with Crippen LogP contribution in [0.3, 0.4) is 0 Å². The Balaban J connectivity index is 2.95. The zero-order chi connectivity index (χ0) is 11.5. The molecule has 0 amide bonds. The zero-order valence-electron chi connectivity index (χ0n) is 9.47. The maximum Gasteiger partial charge on any atom is 0.185 e. The minimum atomic E-state index is -0.552. The first kappa shape index (κ1) is 12.7. The summed E-state index contributed by atoms with van der Waals surface area (Å²) in [7, 11) is 1.63. The smallest absolute Gasteiger partial charge is 0.185 e. The number of halogens is 1. The van der Waals surface area contributed by atoms with Crippen molar-refractivity contribution in [3.05, 3.63) is 22.2 Å². The van der Waals surface area contributed by atoms with Gasteiger partial charge in [0.05, 0.1) is 0 Å². The Kier molecular flexibility index (Phi) is 4.29. The van der Waals surface area contributed by atoms with Gasteiger partial charge in [0.2, 0.25) is 0 Å². The third-order valence-corrected chi connectivity index (χ3v) is 3.53. The zero-order valence-corrected chi connectivity index (χ0v) is 11.1. The number of carbonyl (C=O) groups is 1. The number of unbranched alkanes of at least 4 members (excludes halogenated alkanes) is 1. The summed E-state index contributed by atoms with van der Waals surface area (Å²) in [5.41, 5.74) is 0.197. The molecule has 0 N–H and O–H groups in total. The van der Waals surface area contributed by atoms with E-state index in [2.05, 4.69) is 22.9 Å². The van der Waals surface area contributed by atoms with Crippen LogP contribution in [0.15, 0.2) is 22.2 Å². The lowest BCUT2D eigenvalue weighted by Crippen LogP contribution is -2.27. The van der Waals surface area contributed by atoms with Crippen LogP contribution in [-0.4, -0.2) is 18.5 Å². The van der Waals surface area contributed by atoms with E-state index >= 15 is 0 Å². The second kappa shape index (κ2) is 5.08. The summed E-state index contributed by atoms with van der Waals surface area (Å²) in [5, 5.41) is 0. The van der Waals surface area contributed by atoms with Crippen LogP contribution in [0.4, 0.5) is 0 Å². The molecule has 1 aliphatic carbocycles. The number of hydrogen-bond donors (Lipinski definition) is 0. The lowest BCUT2D eigenvalue weighted by Gasteiger charge is -2.23. The van der Waals surface area contributed by atoms with Gasteiger partial charge in [-0.25, -0.2) is 0 Å². The molecule has 15 heavy (non-hydrogen) atoms. The molecule has 0 spiro atoms. The van der Waals surface area contributed by atoms with Gasteiger partial charge in [0.1, 0.15) is 5.60 Å². The van der Waals surface area contributed by atoms with Crippen molar-refractivity contribution in [2.45, 2.75) is 38.7 Å². The Morgan fingerprint density at radius 2 is 2.27 bits per heavy atom. The molecular formula is C12H17BrO2. The van der Waals surface area contributed by atoms with E-state index in [-0.39, 0.29) is 5.78 Å². The lowest BCUT2D eigenvalue weighted by molar-refractivity contribution is -0.112. The summed E-state index contributed by atoms with van der Waals surface area (Å²) in [6, 6.07) is 0. The van der Waals surface area contributed by atoms with Crippen molar-refractivity contribution in [1.29, 1.82) is 0 Å². The second-order valence-corrected chi connectivity index (χ2v) is 4.85. The number of hydrogen-bond acceptors (Lipinski definition) is 2. The van der Waals surface area contributed by atoms with Crippen molar-refractivity contribution in [3.63, 3.8) is 0 Å². The predicted octanol–water partition coefficient (Wildman–Crippen LogP) is 3.37. The van der Waals surface area contributed by atoms with Gasteiger partial charge in [-0.05, 0) is 31.9 Å². The topological polar surface area (TPSA) is 26.3 Å². The summed E-state index contributed by atoms with van der Waals surface area (Å²) >= 11 is 3.50. The minimum Gasteiger partial charge on any atom is -0.370 e. The van der Waals surface area contributed by atoms with Gasteiger partial charge in [0.15, 0.2) is 5.78 Å². The van der Waals surface area contributed by atoms with Gasteiger partial charge in [-0.1, -0.05) is 29.3 Å². The Morgan fingerprint density at radius 3 is 2.80 bits per heavy atom. The molecule has 2 nitrogen and oxygen atoms in total. The number of allylic oxidation sites excluding steroid dienone is 2. The Labute approximate surface area is 99.5 Å². The normalized spacial score (nSPS) is 28.7. The van der Waals surface area contributed by atoms with Crippen LogP contribution in [0.2, 0.25) is 0 Å². The average Bonchev–Trinajstić information content (AvgIpc) is 2.52. The van der Waals surface area contributed by atoms with Crippen molar-refractivity contribution in [2.24, 2.45) is 0 Å². The molecule has 0 saturated carbocycles. The van der Waals surface area contributed by atoms with E-state index in [1.54, 1.807) is 13.2 Å². The molecule has 1 unspecified atom stereocenters. The van der Waals surface area contributed by atoms with Crippen molar-refractivity contribution in [3.8, 4) is 0 Å².